The van der Waals surface area contributed by atoms with Crippen LogP contribution in [0.3, 0.4) is 0 Å². The molecule has 1 heterocycles. The van der Waals surface area contributed by atoms with Crippen LogP contribution in [0.4, 0.5) is 10.1 Å². The Balaban J connectivity index is 2.30. The lowest BCUT2D eigenvalue weighted by Crippen LogP contribution is -2.39. The summed E-state index contributed by atoms with van der Waals surface area (Å²) >= 11 is 3.31. The number of rotatable bonds is 2. The lowest BCUT2D eigenvalue weighted by molar-refractivity contribution is 0.354. The molecule has 1 aliphatic rings. The molecule has 0 bridgehead atoms. The summed E-state index contributed by atoms with van der Waals surface area (Å²) in [5, 5.41) is 0. The van der Waals surface area contributed by atoms with Gasteiger partial charge in [-0.2, -0.15) is 0 Å². The third-order valence-electron chi connectivity index (χ3n) is 3.57. The Bertz CT molecular complexity index is 426. The molecule has 100 valence electrons. The summed E-state index contributed by atoms with van der Waals surface area (Å²) in [4.78, 5) is 2.15. The second-order valence-electron chi connectivity index (χ2n) is 5.43. The molecule has 0 spiro atoms. The van der Waals surface area contributed by atoms with Gasteiger partial charge in [0.25, 0.3) is 0 Å². The lowest BCUT2D eigenvalue weighted by Gasteiger charge is -2.37. The maximum Gasteiger partial charge on any atom is 0.160 e. The van der Waals surface area contributed by atoms with Gasteiger partial charge in [0.1, 0.15) is 0 Å². The van der Waals surface area contributed by atoms with Crippen LogP contribution in [0.5, 0.6) is 0 Å². The minimum atomic E-state index is -0.181. The zero-order chi connectivity index (χ0) is 13.3. The molecular weight excluding hydrogens is 295 g/mol. The lowest BCUT2D eigenvalue weighted by atomic mass is 9.91. The standard InChI is InChI=1S/C14H20BrFN2/c1-9-5-10(2)8-18(7-9)12-4-3-11(6-17)13(15)14(12)16/h3-4,9-10H,5-8,17H2,1-2H3. The van der Waals surface area contributed by atoms with Crippen LogP contribution in [0.2, 0.25) is 0 Å². The van der Waals surface area contributed by atoms with Gasteiger partial charge in [-0.1, -0.05) is 19.9 Å². The molecule has 1 aromatic rings. The van der Waals surface area contributed by atoms with E-state index in [-0.39, 0.29) is 5.82 Å². The zero-order valence-corrected chi connectivity index (χ0v) is 12.5. The summed E-state index contributed by atoms with van der Waals surface area (Å²) in [7, 11) is 0. The summed E-state index contributed by atoms with van der Waals surface area (Å²) < 4.78 is 14.9. The average molecular weight is 315 g/mol. The van der Waals surface area contributed by atoms with Crippen molar-refractivity contribution >= 4 is 21.6 Å². The third kappa shape index (κ3) is 2.69. The molecule has 0 aliphatic carbocycles. The number of nitrogens with zero attached hydrogens (tertiary/aromatic N) is 1. The van der Waals surface area contributed by atoms with E-state index in [0.717, 1.165) is 18.7 Å². The first-order valence-electron chi connectivity index (χ1n) is 6.44. The van der Waals surface area contributed by atoms with Crippen molar-refractivity contribution in [3.8, 4) is 0 Å². The molecule has 0 amide bonds. The quantitative estimate of drug-likeness (QED) is 0.905. The van der Waals surface area contributed by atoms with Gasteiger partial charge in [-0.15, -0.1) is 0 Å². The first kappa shape index (κ1) is 13.8. The summed E-state index contributed by atoms with van der Waals surface area (Å²) in [6, 6.07) is 3.76. The Kier molecular flexibility index (Phi) is 4.28. The first-order valence-corrected chi connectivity index (χ1v) is 7.24. The second kappa shape index (κ2) is 5.57. The van der Waals surface area contributed by atoms with Crippen molar-refractivity contribution in [3.63, 3.8) is 0 Å². The molecule has 4 heteroatoms. The smallest absolute Gasteiger partial charge is 0.160 e. The number of hydrogen-bond donors (Lipinski definition) is 1. The van der Waals surface area contributed by atoms with Crippen LogP contribution >= 0.6 is 15.9 Å². The third-order valence-corrected chi connectivity index (χ3v) is 4.43. The van der Waals surface area contributed by atoms with Gasteiger partial charge in [-0.3, -0.25) is 0 Å². The molecule has 2 atom stereocenters. The number of anilines is 1. The van der Waals surface area contributed by atoms with E-state index in [0.29, 0.717) is 28.5 Å². The van der Waals surface area contributed by atoms with Crippen LogP contribution in [0.25, 0.3) is 0 Å². The van der Waals surface area contributed by atoms with Crippen molar-refractivity contribution in [2.45, 2.75) is 26.8 Å². The van der Waals surface area contributed by atoms with Gasteiger partial charge in [-0.05, 0) is 45.8 Å². The predicted molar refractivity (Wildman–Crippen MR) is 77.1 cm³/mol. The van der Waals surface area contributed by atoms with E-state index < -0.39 is 0 Å². The molecule has 0 saturated carbocycles. The van der Waals surface area contributed by atoms with Crippen LogP contribution in [-0.2, 0) is 6.54 Å². The molecule has 0 aromatic heterocycles. The van der Waals surface area contributed by atoms with Gasteiger partial charge in [0.05, 0.1) is 10.2 Å². The number of benzene rings is 1. The monoisotopic (exact) mass is 314 g/mol. The Morgan fingerprint density at radius 2 is 1.94 bits per heavy atom. The van der Waals surface area contributed by atoms with Crippen LogP contribution in [-0.4, -0.2) is 13.1 Å². The van der Waals surface area contributed by atoms with Crippen molar-refractivity contribution in [2.24, 2.45) is 17.6 Å². The van der Waals surface area contributed by atoms with Crippen molar-refractivity contribution in [2.75, 3.05) is 18.0 Å². The molecule has 0 radical (unpaired) electrons. The summed E-state index contributed by atoms with van der Waals surface area (Å²) in [5.74, 6) is 1.04. The topological polar surface area (TPSA) is 29.3 Å². The fourth-order valence-corrected chi connectivity index (χ4v) is 3.34. The normalized spacial score (nSPS) is 24.4. The largest absolute Gasteiger partial charge is 0.369 e. The van der Waals surface area contributed by atoms with Gasteiger partial charge >= 0.3 is 0 Å². The van der Waals surface area contributed by atoms with Crippen LogP contribution in [0, 0.1) is 17.7 Å². The summed E-state index contributed by atoms with van der Waals surface area (Å²) in [6.07, 6.45) is 1.22. The van der Waals surface area contributed by atoms with E-state index >= 15 is 0 Å². The number of nitrogens with two attached hydrogens (primary N) is 1. The van der Waals surface area contributed by atoms with Crippen molar-refractivity contribution < 1.29 is 4.39 Å². The summed E-state index contributed by atoms with van der Waals surface area (Å²) in [6.45, 7) is 6.66. The van der Waals surface area contributed by atoms with E-state index in [2.05, 4.69) is 34.7 Å². The van der Waals surface area contributed by atoms with Crippen LogP contribution < -0.4 is 10.6 Å². The SMILES string of the molecule is CC1CC(C)CN(c2ccc(CN)c(Br)c2F)C1. The van der Waals surface area contributed by atoms with E-state index in [1.165, 1.54) is 6.42 Å². The van der Waals surface area contributed by atoms with Crippen molar-refractivity contribution in [1.29, 1.82) is 0 Å². The molecule has 2 nitrogen and oxygen atoms in total. The minimum Gasteiger partial charge on any atom is -0.369 e. The van der Waals surface area contributed by atoms with E-state index in [1.54, 1.807) is 0 Å². The maximum atomic E-state index is 14.3. The molecule has 2 N–H and O–H groups in total. The fraction of sp³-hybridized carbons (Fsp3) is 0.571. The molecule has 2 rings (SSSR count). The highest BCUT2D eigenvalue weighted by Gasteiger charge is 2.24. The molecule has 1 fully saturated rings. The molecule has 18 heavy (non-hydrogen) atoms. The fourth-order valence-electron chi connectivity index (χ4n) is 2.84. The number of piperidine rings is 1. The second-order valence-corrected chi connectivity index (χ2v) is 6.22. The molecule has 1 saturated heterocycles. The van der Waals surface area contributed by atoms with Gasteiger partial charge in [0, 0.05) is 19.6 Å². The van der Waals surface area contributed by atoms with E-state index in [9.17, 15) is 4.39 Å². The van der Waals surface area contributed by atoms with Gasteiger partial charge in [0.15, 0.2) is 5.82 Å². The first-order chi connectivity index (χ1) is 8.52. The summed E-state index contributed by atoms with van der Waals surface area (Å²) in [5.41, 5.74) is 7.09. The Labute approximate surface area is 116 Å². The number of halogens is 2. The minimum absolute atomic E-state index is 0.181. The van der Waals surface area contributed by atoms with Crippen molar-refractivity contribution in [3.05, 3.63) is 28.0 Å². The van der Waals surface area contributed by atoms with Gasteiger partial charge in [0.2, 0.25) is 0 Å². The van der Waals surface area contributed by atoms with Crippen molar-refractivity contribution in [1.82, 2.24) is 0 Å². The highest BCUT2D eigenvalue weighted by Crippen LogP contribution is 2.33. The highest BCUT2D eigenvalue weighted by atomic mass is 79.9. The Morgan fingerprint density at radius 1 is 1.33 bits per heavy atom. The molecular formula is C14H20BrFN2. The van der Waals surface area contributed by atoms with E-state index in [1.807, 2.05) is 12.1 Å². The highest BCUT2D eigenvalue weighted by molar-refractivity contribution is 9.10. The van der Waals surface area contributed by atoms with Gasteiger partial charge < -0.3 is 10.6 Å². The Hall–Kier alpha value is -0.610. The zero-order valence-electron chi connectivity index (χ0n) is 10.9. The van der Waals surface area contributed by atoms with Crippen LogP contribution in [0.15, 0.2) is 16.6 Å². The Morgan fingerprint density at radius 3 is 2.50 bits per heavy atom. The van der Waals surface area contributed by atoms with E-state index in [4.69, 9.17) is 5.73 Å². The number of hydrogen-bond acceptors (Lipinski definition) is 2. The molecule has 1 aliphatic heterocycles. The maximum absolute atomic E-state index is 14.3. The average Bonchev–Trinajstić information content (AvgIpc) is 2.31. The predicted octanol–water partition coefficient (Wildman–Crippen LogP) is 3.53. The van der Waals surface area contributed by atoms with Gasteiger partial charge in [-0.25, -0.2) is 4.39 Å². The molecule has 2 unspecified atom stereocenters. The molecule has 1 aromatic carbocycles. The van der Waals surface area contributed by atoms with Crippen LogP contribution in [0.1, 0.15) is 25.8 Å².